The van der Waals surface area contributed by atoms with Crippen molar-refractivity contribution in [2.75, 3.05) is 33.4 Å². The minimum atomic E-state index is -4.46. The Bertz CT molecular complexity index is 767. The highest BCUT2D eigenvalue weighted by atomic mass is 19.4. The molecule has 9 heteroatoms. The first-order chi connectivity index (χ1) is 11.9. The third-order valence-corrected chi connectivity index (χ3v) is 3.84. The topological polar surface area (TPSA) is 56.6 Å². The lowest BCUT2D eigenvalue weighted by Crippen LogP contribution is -2.41. The zero-order valence-corrected chi connectivity index (χ0v) is 13.4. The smallest absolute Gasteiger partial charge is 0.416 e. The zero-order chi connectivity index (χ0) is 18.0. The number of hydrogen-bond donors (Lipinski definition) is 0. The summed E-state index contributed by atoms with van der Waals surface area (Å²) in [6.07, 6.45) is -3.07. The van der Waals surface area contributed by atoms with E-state index >= 15 is 0 Å². The molecule has 1 aromatic carbocycles. The summed E-state index contributed by atoms with van der Waals surface area (Å²) < 4.78 is 50.2. The Morgan fingerprint density at radius 2 is 2.00 bits per heavy atom. The lowest BCUT2D eigenvalue weighted by atomic mass is 10.2. The second kappa shape index (κ2) is 6.75. The van der Waals surface area contributed by atoms with Gasteiger partial charge in [0.1, 0.15) is 0 Å². The maximum atomic E-state index is 12.9. The number of methoxy groups -OCH3 is 1. The van der Waals surface area contributed by atoms with E-state index in [9.17, 15) is 18.0 Å². The number of benzene rings is 1. The minimum absolute atomic E-state index is 0.0572. The minimum Gasteiger partial charge on any atom is -0.493 e. The van der Waals surface area contributed by atoms with Gasteiger partial charge in [0.25, 0.3) is 5.91 Å². The first-order valence-corrected chi connectivity index (χ1v) is 7.58. The summed E-state index contributed by atoms with van der Waals surface area (Å²) >= 11 is 0. The molecule has 134 valence electrons. The molecule has 25 heavy (non-hydrogen) atoms. The Morgan fingerprint density at radius 3 is 2.64 bits per heavy atom. The SMILES string of the molecule is COc1cn(-c2cccc(C(F)(F)F)c2)nc1C(=O)N1CCOCC1. The predicted octanol–water partition coefficient (Wildman–Crippen LogP) is 2.37. The number of nitrogens with zero attached hydrogens (tertiary/aromatic N) is 3. The van der Waals surface area contributed by atoms with Crippen LogP contribution in [0.2, 0.25) is 0 Å². The molecule has 3 rings (SSSR count). The number of ether oxygens (including phenoxy) is 2. The lowest BCUT2D eigenvalue weighted by molar-refractivity contribution is -0.137. The van der Waals surface area contributed by atoms with Crippen LogP contribution in [0.5, 0.6) is 5.75 Å². The zero-order valence-electron chi connectivity index (χ0n) is 13.4. The van der Waals surface area contributed by atoms with E-state index in [1.165, 1.54) is 30.1 Å². The predicted molar refractivity (Wildman–Crippen MR) is 81.8 cm³/mol. The number of carbonyl (C=O) groups excluding carboxylic acids is 1. The molecule has 1 aliphatic rings. The molecule has 0 aliphatic carbocycles. The van der Waals surface area contributed by atoms with Crippen LogP contribution in [0.4, 0.5) is 13.2 Å². The number of hydrogen-bond acceptors (Lipinski definition) is 4. The van der Waals surface area contributed by atoms with Crippen LogP contribution >= 0.6 is 0 Å². The summed E-state index contributed by atoms with van der Waals surface area (Å²) in [5, 5.41) is 4.14. The molecule has 2 heterocycles. The maximum absolute atomic E-state index is 12.9. The standard InChI is InChI=1S/C16H16F3N3O3/c1-24-13-10-22(12-4-2-3-11(9-12)16(17,18)19)20-14(13)15(23)21-5-7-25-8-6-21/h2-4,9-10H,5-8H2,1H3. The van der Waals surface area contributed by atoms with Gasteiger partial charge in [-0.1, -0.05) is 6.07 Å². The molecule has 0 spiro atoms. The lowest BCUT2D eigenvalue weighted by Gasteiger charge is -2.26. The molecule has 0 N–H and O–H groups in total. The van der Waals surface area contributed by atoms with E-state index in [1.807, 2.05) is 0 Å². The Labute approximate surface area is 141 Å². The van der Waals surface area contributed by atoms with Crippen molar-refractivity contribution in [2.45, 2.75) is 6.18 Å². The fourth-order valence-corrected chi connectivity index (χ4v) is 2.53. The maximum Gasteiger partial charge on any atom is 0.416 e. The van der Waals surface area contributed by atoms with Crippen LogP contribution in [-0.4, -0.2) is 54.0 Å². The van der Waals surface area contributed by atoms with Crippen molar-refractivity contribution in [3.05, 3.63) is 41.7 Å². The Morgan fingerprint density at radius 1 is 1.28 bits per heavy atom. The Hall–Kier alpha value is -2.55. The second-order valence-electron chi connectivity index (χ2n) is 5.44. The van der Waals surface area contributed by atoms with Gasteiger partial charge in [0.05, 0.1) is 37.8 Å². The third kappa shape index (κ3) is 3.60. The normalized spacial score (nSPS) is 15.3. The number of amides is 1. The molecular weight excluding hydrogens is 339 g/mol. The largest absolute Gasteiger partial charge is 0.493 e. The molecular formula is C16H16F3N3O3. The van der Waals surface area contributed by atoms with Crippen LogP contribution in [0.15, 0.2) is 30.5 Å². The number of aromatic nitrogens is 2. The highest BCUT2D eigenvalue weighted by Gasteiger charge is 2.31. The number of halogens is 3. The van der Waals surface area contributed by atoms with Gasteiger partial charge in [-0.05, 0) is 18.2 Å². The summed E-state index contributed by atoms with van der Waals surface area (Å²) in [7, 11) is 1.38. The van der Waals surface area contributed by atoms with Crippen LogP contribution in [0.1, 0.15) is 16.1 Å². The van der Waals surface area contributed by atoms with Crippen LogP contribution in [0.25, 0.3) is 5.69 Å². The number of morpholine rings is 1. The van der Waals surface area contributed by atoms with Gasteiger partial charge in [-0.2, -0.15) is 18.3 Å². The molecule has 1 aliphatic heterocycles. The van der Waals surface area contributed by atoms with Crippen molar-refractivity contribution in [1.29, 1.82) is 0 Å². The number of carbonyl (C=O) groups is 1. The third-order valence-electron chi connectivity index (χ3n) is 3.84. The van der Waals surface area contributed by atoms with Gasteiger partial charge in [0.2, 0.25) is 0 Å². The van der Waals surface area contributed by atoms with E-state index in [4.69, 9.17) is 9.47 Å². The molecule has 0 atom stereocenters. The van der Waals surface area contributed by atoms with Gasteiger partial charge in [0, 0.05) is 13.1 Å². The van der Waals surface area contributed by atoms with Crippen molar-refractivity contribution in [3.63, 3.8) is 0 Å². The first kappa shape index (κ1) is 17.3. The van der Waals surface area contributed by atoms with Crippen molar-refractivity contribution in [2.24, 2.45) is 0 Å². The summed E-state index contributed by atoms with van der Waals surface area (Å²) in [6.45, 7) is 1.72. The number of rotatable bonds is 3. The van der Waals surface area contributed by atoms with Crippen molar-refractivity contribution >= 4 is 5.91 Å². The molecule has 0 radical (unpaired) electrons. The highest BCUT2D eigenvalue weighted by molar-refractivity contribution is 5.95. The van der Waals surface area contributed by atoms with E-state index in [1.54, 1.807) is 4.90 Å². The highest BCUT2D eigenvalue weighted by Crippen LogP contribution is 2.31. The fraction of sp³-hybridized carbons (Fsp3) is 0.375. The molecule has 1 aromatic heterocycles. The van der Waals surface area contributed by atoms with Crippen LogP contribution in [0, 0.1) is 0 Å². The molecule has 0 bridgehead atoms. The number of alkyl halides is 3. The summed E-state index contributed by atoms with van der Waals surface area (Å²) in [6, 6.07) is 4.71. The van der Waals surface area contributed by atoms with Crippen molar-refractivity contribution in [3.8, 4) is 11.4 Å². The first-order valence-electron chi connectivity index (χ1n) is 7.58. The summed E-state index contributed by atoms with van der Waals surface area (Å²) in [5.41, 5.74) is -0.545. The van der Waals surface area contributed by atoms with Gasteiger partial charge < -0.3 is 14.4 Å². The quantitative estimate of drug-likeness (QED) is 0.848. The van der Waals surface area contributed by atoms with Crippen LogP contribution < -0.4 is 4.74 Å². The molecule has 1 amide bonds. The van der Waals surface area contributed by atoms with E-state index in [-0.39, 0.29) is 23.0 Å². The molecule has 6 nitrogen and oxygen atoms in total. The van der Waals surface area contributed by atoms with Gasteiger partial charge in [-0.3, -0.25) is 4.79 Å². The molecule has 0 unspecified atom stereocenters. The van der Waals surface area contributed by atoms with Crippen LogP contribution in [-0.2, 0) is 10.9 Å². The molecule has 1 saturated heterocycles. The summed E-state index contributed by atoms with van der Waals surface area (Å²) in [4.78, 5) is 14.2. The van der Waals surface area contributed by atoms with E-state index in [0.717, 1.165) is 12.1 Å². The van der Waals surface area contributed by atoms with Gasteiger partial charge in [0.15, 0.2) is 11.4 Å². The monoisotopic (exact) mass is 355 g/mol. The average molecular weight is 355 g/mol. The van der Waals surface area contributed by atoms with Gasteiger partial charge >= 0.3 is 6.18 Å². The van der Waals surface area contributed by atoms with Gasteiger partial charge in [-0.25, -0.2) is 4.68 Å². The molecule has 1 fully saturated rings. The van der Waals surface area contributed by atoms with E-state index in [2.05, 4.69) is 5.10 Å². The summed E-state index contributed by atoms with van der Waals surface area (Å²) in [5.74, 6) is -0.139. The van der Waals surface area contributed by atoms with E-state index < -0.39 is 11.7 Å². The van der Waals surface area contributed by atoms with E-state index in [0.29, 0.717) is 26.3 Å². The van der Waals surface area contributed by atoms with Crippen LogP contribution in [0.3, 0.4) is 0 Å². The molecule has 2 aromatic rings. The Kier molecular flexibility index (Phi) is 4.67. The molecule has 0 saturated carbocycles. The second-order valence-corrected chi connectivity index (χ2v) is 5.44. The average Bonchev–Trinajstić information content (AvgIpc) is 3.05. The fourth-order valence-electron chi connectivity index (χ4n) is 2.53. The van der Waals surface area contributed by atoms with Crippen molar-refractivity contribution < 1.29 is 27.4 Å². The Balaban J connectivity index is 1.94. The van der Waals surface area contributed by atoms with Crippen molar-refractivity contribution in [1.82, 2.24) is 14.7 Å². The van der Waals surface area contributed by atoms with Gasteiger partial charge in [-0.15, -0.1) is 0 Å².